The molecule has 3 aromatic rings. The van der Waals surface area contributed by atoms with Crippen LogP contribution in [0.5, 0.6) is 0 Å². The van der Waals surface area contributed by atoms with E-state index in [-0.39, 0.29) is 18.2 Å². The van der Waals surface area contributed by atoms with Crippen LogP contribution in [0.15, 0.2) is 22.7 Å². The molecule has 1 amide bonds. The monoisotopic (exact) mass is 455 g/mol. The second-order valence-electron chi connectivity index (χ2n) is 7.13. The number of rotatable bonds is 8. The summed E-state index contributed by atoms with van der Waals surface area (Å²) in [5, 5.41) is 31.4. The summed E-state index contributed by atoms with van der Waals surface area (Å²) in [6, 6.07) is 5.82. The fourth-order valence-electron chi connectivity index (χ4n) is 3.04. The Labute approximate surface area is 186 Å². The Morgan fingerprint density at radius 2 is 2.19 bits per heavy atom. The predicted molar refractivity (Wildman–Crippen MR) is 117 cm³/mol. The smallest absolute Gasteiger partial charge is 0.230 e. The minimum Gasteiger partial charge on any atom is -0.424 e. The number of aromatic nitrogens is 3. The summed E-state index contributed by atoms with van der Waals surface area (Å²) in [5.41, 5.74) is 1.46. The van der Waals surface area contributed by atoms with Gasteiger partial charge in [-0.1, -0.05) is 11.6 Å². The summed E-state index contributed by atoms with van der Waals surface area (Å²) in [6.07, 6.45) is 4.55. The molecule has 9 nitrogen and oxygen atoms in total. The van der Waals surface area contributed by atoms with Crippen molar-refractivity contribution in [2.24, 2.45) is 0 Å². The highest BCUT2D eigenvalue weighted by Gasteiger charge is 2.44. The molecule has 3 N–H and O–H groups in total. The van der Waals surface area contributed by atoms with Gasteiger partial charge in [0.25, 0.3) is 0 Å². The van der Waals surface area contributed by atoms with Gasteiger partial charge in [-0.2, -0.15) is 5.26 Å². The second-order valence-corrected chi connectivity index (χ2v) is 8.65. The zero-order chi connectivity index (χ0) is 22.0. The number of amides is 1. The predicted octanol–water partition coefficient (Wildman–Crippen LogP) is 2.85. The molecular weight excluding hydrogens is 438 g/mol. The molecule has 0 unspecified atom stereocenters. The van der Waals surface area contributed by atoms with Gasteiger partial charge < -0.3 is 20.5 Å². The summed E-state index contributed by atoms with van der Waals surface area (Å²) in [4.78, 5) is 16.6. The minimum absolute atomic E-state index is 0.0737. The number of carbonyl (C=O) groups excluding carboxylic acids is 1. The van der Waals surface area contributed by atoms with E-state index in [4.69, 9.17) is 26.7 Å². The van der Waals surface area contributed by atoms with Crippen molar-refractivity contribution in [1.82, 2.24) is 25.8 Å². The molecule has 1 aromatic carbocycles. The maximum atomic E-state index is 12.1. The van der Waals surface area contributed by atoms with E-state index >= 15 is 0 Å². The number of allylic oxidation sites excluding steroid dienone is 1. The SMILES string of the molecule is CN/C=C(\C=N)c1cc(Cl)c2nc(Cc3nnc(CC(=O)NC4(C#N)CC4)o3)sc2c1. The molecule has 11 heteroatoms. The number of fused-ring (bicyclic) bond motifs is 1. The van der Waals surface area contributed by atoms with Crippen molar-refractivity contribution >= 4 is 50.8 Å². The number of carbonyl (C=O) groups is 1. The molecule has 0 spiro atoms. The first-order valence-corrected chi connectivity index (χ1v) is 10.7. The third kappa shape index (κ3) is 4.57. The van der Waals surface area contributed by atoms with Gasteiger partial charge in [-0.3, -0.25) is 4.79 Å². The molecule has 1 fully saturated rings. The van der Waals surface area contributed by atoms with Crippen molar-refractivity contribution < 1.29 is 9.21 Å². The van der Waals surface area contributed by atoms with E-state index in [1.54, 1.807) is 19.3 Å². The number of nitriles is 1. The molecule has 0 bridgehead atoms. The molecule has 0 radical (unpaired) electrons. The molecule has 0 atom stereocenters. The minimum atomic E-state index is -0.723. The fraction of sp³-hybridized carbons (Fsp3) is 0.300. The van der Waals surface area contributed by atoms with Gasteiger partial charge in [0, 0.05) is 25.0 Å². The van der Waals surface area contributed by atoms with E-state index in [2.05, 4.69) is 31.9 Å². The normalized spacial score (nSPS) is 14.8. The molecule has 4 rings (SSSR count). The van der Waals surface area contributed by atoms with Gasteiger partial charge in [-0.05, 0) is 30.5 Å². The van der Waals surface area contributed by atoms with Crippen molar-refractivity contribution in [3.8, 4) is 6.07 Å². The highest BCUT2D eigenvalue weighted by molar-refractivity contribution is 7.18. The highest BCUT2D eigenvalue weighted by Crippen LogP contribution is 2.34. The Morgan fingerprint density at radius 1 is 1.42 bits per heavy atom. The van der Waals surface area contributed by atoms with E-state index in [9.17, 15) is 4.79 Å². The first-order chi connectivity index (χ1) is 14.9. The van der Waals surface area contributed by atoms with Gasteiger partial charge in [0.1, 0.15) is 22.5 Å². The van der Waals surface area contributed by atoms with Crippen LogP contribution in [0.1, 0.15) is 35.2 Å². The average molecular weight is 456 g/mol. The van der Waals surface area contributed by atoms with Crippen LogP contribution in [0.25, 0.3) is 15.8 Å². The summed E-state index contributed by atoms with van der Waals surface area (Å²) in [7, 11) is 1.77. The van der Waals surface area contributed by atoms with Crippen molar-refractivity contribution in [1.29, 1.82) is 10.7 Å². The molecule has 158 valence electrons. The number of benzene rings is 1. The first-order valence-electron chi connectivity index (χ1n) is 9.46. The highest BCUT2D eigenvalue weighted by atomic mass is 35.5. The summed E-state index contributed by atoms with van der Waals surface area (Å²) < 4.78 is 6.47. The van der Waals surface area contributed by atoms with Crippen LogP contribution in [0, 0.1) is 16.7 Å². The van der Waals surface area contributed by atoms with E-state index in [1.807, 2.05) is 6.07 Å². The lowest BCUT2D eigenvalue weighted by Gasteiger charge is -2.06. The lowest BCUT2D eigenvalue weighted by atomic mass is 10.1. The second kappa shape index (κ2) is 8.45. The zero-order valence-electron chi connectivity index (χ0n) is 16.5. The Kier molecular flexibility index (Phi) is 5.71. The van der Waals surface area contributed by atoms with Crippen molar-refractivity contribution in [2.45, 2.75) is 31.2 Å². The van der Waals surface area contributed by atoms with E-state index < -0.39 is 5.54 Å². The third-order valence-electron chi connectivity index (χ3n) is 4.75. The maximum Gasteiger partial charge on any atom is 0.230 e. The Morgan fingerprint density at radius 3 is 2.87 bits per heavy atom. The van der Waals surface area contributed by atoms with E-state index in [0.29, 0.717) is 41.3 Å². The molecule has 0 aliphatic heterocycles. The van der Waals surface area contributed by atoms with Gasteiger partial charge >= 0.3 is 0 Å². The van der Waals surface area contributed by atoms with Crippen LogP contribution < -0.4 is 10.6 Å². The number of nitrogens with one attached hydrogen (secondary N) is 3. The van der Waals surface area contributed by atoms with Crippen molar-refractivity contribution in [3.05, 3.63) is 45.7 Å². The van der Waals surface area contributed by atoms with Gasteiger partial charge in [-0.15, -0.1) is 21.5 Å². The van der Waals surface area contributed by atoms with Crippen molar-refractivity contribution in [2.75, 3.05) is 7.05 Å². The third-order valence-corrected chi connectivity index (χ3v) is 6.04. The lowest BCUT2D eigenvalue weighted by Crippen LogP contribution is -2.36. The lowest BCUT2D eigenvalue weighted by molar-refractivity contribution is -0.121. The number of halogens is 1. The summed E-state index contributed by atoms with van der Waals surface area (Å²) in [6.45, 7) is 0. The number of nitrogens with zero attached hydrogens (tertiary/aromatic N) is 4. The van der Waals surface area contributed by atoms with Crippen LogP contribution >= 0.6 is 22.9 Å². The summed E-state index contributed by atoms with van der Waals surface area (Å²) >= 11 is 7.86. The Hall–Kier alpha value is -3.29. The van der Waals surface area contributed by atoms with Crippen LogP contribution in [0.2, 0.25) is 5.02 Å². The quantitative estimate of drug-likeness (QED) is 0.443. The Balaban J connectivity index is 1.48. The van der Waals surface area contributed by atoms with Crippen LogP contribution in [-0.2, 0) is 17.6 Å². The average Bonchev–Trinajstić information content (AvgIpc) is 3.17. The topological polar surface area (TPSA) is 141 Å². The molecule has 1 aliphatic rings. The molecule has 2 heterocycles. The molecule has 1 saturated carbocycles. The van der Waals surface area contributed by atoms with Gasteiger partial charge in [0.15, 0.2) is 0 Å². The number of thiazole rings is 1. The van der Waals surface area contributed by atoms with Crippen LogP contribution in [0.3, 0.4) is 0 Å². The molecular formula is C20H18ClN7O2S. The molecule has 31 heavy (non-hydrogen) atoms. The van der Waals surface area contributed by atoms with E-state index in [1.165, 1.54) is 17.6 Å². The fourth-order valence-corrected chi connectivity index (χ4v) is 4.38. The van der Waals surface area contributed by atoms with Crippen LogP contribution in [0.4, 0.5) is 0 Å². The zero-order valence-corrected chi connectivity index (χ0v) is 18.1. The standard InChI is InChI=1S/C20H18ClN7O2S/c1-24-9-12(8-22)11-4-13(21)19-14(5-11)31-18(25-19)7-17-28-27-16(30-17)6-15(29)26-20(10-23)2-3-20/h4-5,8-9,22,24H,2-3,6-7H2,1H3,(H,26,29)/b12-9+,22-8?. The summed E-state index contributed by atoms with van der Waals surface area (Å²) in [5.74, 6) is 0.218. The van der Waals surface area contributed by atoms with E-state index in [0.717, 1.165) is 15.3 Å². The van der Waals surface area contributed by atoms with Gasteiger partial charge in [0.2, 0.25) is 17.7 Å². The molecule has 2 aromatic heterocycles. The Bertz CT molecular complexity index is 1240. The largest absolute Gasteiger partial charge is 0.424 e. The van der Waals surface area contributed by atoms with Crippen molar-refractivity contribution in [3.63, 3.8) is 0 Å². The first kappa shape index (κ1) is 21.0. The number of hydrogen-bond donors (Lipinski definition) is 3. The molecule has 0 saturated heterocycles. The van der Waals surface area contributed by atoms with Gasteiger partial charge in [-0.25, -0.2) is 4.98 Å². The van der Waals surface area contributed by atoms with Crippen LogP contribution in [-0.4, -0.2) is 39.9 Å². The van der Waals surface area contributed by atoms with Gasteiger partial charge in [0.05, 0.1) is 22.2 Å². The number of hydrogen-bond acceptors (Lipinski definition) is 9. The maximum absolute atomic E-state index is 12.1. The molecule has 1 aliphatic carbocycles.